The van der Waals surface area contributed by atoms with Crippen molar-refractivity contribution in [1.29, 1.82) is 0 Å². The minimum atomic E-state index is -0.354. The van der Waals surface area contributed by atoms with E-state index in [-0.39, 0.29) is 5.82 Å². The average molecular weight is 295 g/mol. The molecule has 4 nitrogen and oxygen atoms in total. The van der Waals surface area contributed by atoms with Crippen LogP contribution in [0, 0.1) is 12.7 Å². The van der Waals surface area contributed by atoms with E-state index in [0.717, 1.165) is 11.4 Å². The van der Waals surface area contributed by atoms with Gasteiger partial charge in [-0.15, -0.1) is 0 Å². The second kappa shape index (κ2) is 6.05. The molecule has 0 saturated heterocycles. The molecule has 2 N–H and O–H groups in total. The molecule has 0 saturated carbocycles. The maximum Gasteiger partial charge on any atom is 0.139 e. The van der Waals surface area contributed by atoms with Crippen molar-refractivity contribution in [3.8, 4) is 0 Å². The fourth-order valence-electron chi connectivity index (χ4n) is 1.81. The van der Waals surface area contributed by atoms with Crippen molar-refractivity contribution < 1.29 is 4.39 Å². The van der Waals surface area contributed by atoms with Gasteiger partial charge in [0, 0.05) is 19.0 Å². The number of rotatable bonds is 4. The Bertz CT molecular complexity index is 631. The Balaban J connectivity index is 2.44. The smallest absolute Gasteiger partial charge is 0.139 e. The SMILES string of the molecule is CCc1nc(NC)c(C)c(Nc2cc(F)ccc2Cl)n1. The number of aryl methyl sites for hydroxylation is 1. The van der Waals surface area contributed by atoms with E-state index in [4.69, 9.17) is 11.6 Å². The summed E-state index contributed by atoms with van der Waals surface area (Å²) in [6.45, 7) is 3.86. The third-order valence-corrected chi connectivity index (χ3v) is 3.26. The first-order valence-corrected chi connectivity index (χ1v) is 6.70. The summed E-state index contributed by atoms with van der Waals surface area (Å²) in [7, 11) is 1.80. The molecule has 0 atom stereocenters. The van der Waals surface area contributed by atoms with Gasteiger partial charge in [-0.2, -0.15) is 0 Å². The van der Waals surface area contributed by atoms with Crippen LogP contribution in [0.3, 0.4) is 0 Å². The van der Waals surface area contributed by atoms with Gasteiger partial charge in [0.05, 0.1) is 10.7 Å². The molecule has 0 aliphatic heterocycles. The van der Waals surface area contributed by atoms with Gasteiger partial charge in [-0.25, -0.2) is 14.4 Å². The molecule has 0 unspecified atom stereocenters. The molecule has 1 aromatic carbocycles. The van der Waals surface area contributed by atoms with Crippen LogP contribution in [0.5, 0.6) is 0 Å². The van der Waals surface area contributed by atoms with Crippen LogP contribution >= 0.6 is 11.6 Å². The molecule has 20 heavy (non-hydrogen) atoms. The molecule has 1 heterocycles. The third-order valence-electron chi connectivity index (χ3n) is 2.93. The summed E-state index contributed by atoms with van der Waals surface area (Å²) in [4.78, 5) is 8.80. The highest BCUT2D eigenvalue weighted by molar-refractivity contribution is 6.33. The maximum atomic E-state index is 13.3. The highest BCUT2D eigenvalue weighted by atomic mass is 35.5. The van der Waals surface area contributed by atoms with E-state index < -0.39 is 0 Å². The van der Waals surface area contributed by atoms with E-state index in [1.165, 1.54) is 18.2 Å². The van der Waals surface area contributed by atoms with Crippen LogP contribution in [-0.4, -0.2) is 17.0 Å². The third kappa shape index (κ3) is 2.99. The molecule has 0 bridgehead atoms. The molecule has 6 heteroatoms. The lowest BCUT2D eigenvalue weighted by atomic mass is 10.2. The number of anilines is 3. The van der Waals surface area contributed by atoms with E-state index >= 15 is 0 Å². The summed E-state index contributed by atoms with van der Waals surface area (Å²) in [6.07, 6.45) is 0.709. The van der Waals surface area contributed by atoms with Crippen molar-refractivity contribution >= 4 is 28.9 Å². The second-order valence-electron chi connectivity index (χ2n) is 4.31. The molecule has 1 aromatic heterocycles. The zero-order valence-corrected chi connectivity index (χ0v) is 12.3. The van der Waals surface area contributed by atoms with Crippen LogP contribution in [0.15, 0.2) is 18.2 Å². The second-order valence-corrected chi connectivity index (χ2v) is 4.72. The van der Waals surface area contributed by atoms with Gasteiger partial charge >= 0.3 is 0 Å². The quantitative estimate of drug-likeness (QED) is 0.897. The van der Waals surface area contributed by atoms with E-state index in [1.54, 1.807) is 7.05 Å². The highest BCUT2D eigenvalue weighted by Crippen LogP contribution is 2.28. The molecule has 0 fully saturated rings. The van der Waals surface area contributed by atoms with Crippen molar-refractivity contribution in [1.82, 2.24) is 9.97 Å². The summed E-state index contributed by atoms with van der Waals surface area (Å²) in [6, 6.07) is 4.17. The number of aromatic nitrogens is 2. The number of benzene rings is 1. The minimum Gasteiger partial charge on any atom is -0.373 e. The number of halogens is 2. The number of hydrogen-bond acceptors (Lipinski definition) is 4. The number of nitrogens with zero attached hydrogens (tertiary/aromatic N) is 2. The summed E-state index contributed by atoms with van der Waals surface area (Å²) in [5.74, 6) is 1.71. The predicted molar refractivity (Wildman–Crippen MR) is 80.4 cm³/mol. The van der Waals surface area contributed by atoms with Crippen LogP contribution < -0.4 is 10.6 Å². The molecule has 2 aromatic rings. The molecular weight excluding hydrogens is 279 g/mol. The van der Waals surface area contributed by atoms with Crippen molar-refractivity contribution in [3.05, 3.63) is 40.4 Å². The standard InChI is InChI=1S/C14H16ClFN4/c1-4-12-19-13(17-3)8(2)14(20-12)18-11-7-9(16)5-6-10(11)15/h5-7H,4H2,1-3H3,(H2,17,18,19,20). The summed E-state index contributed by atoms with van der Waals surface area (Å²) in [5, 5.41) is 6.53. The fraction of sp³-hybridized carbons (Fsp3) is 0.286. The zero-order valence-electron chi connectivity index (χ0n) is 11.6. The van der Waals surface area contributed by atoms with Crippen LogP contribution in [0.1, 0.15) is 18.3 Å². The van der Waals surface area contributed by atoms with Crippen molar-refractivity contribution in [2.75, 3.05) is 17.7 Å². The largest absolute Gasteiger partial charge is 0.373 e. The van der Waals surface area contributed by atoms with Gasteiger partial charge in [0.2, 0.25) is 0 Å². The van der Waals surface area contributed by atoms with Crippen molar-refractivity contribution in [3.63, 3.8) is 0 Å². The van der Waals surface area contributed by atoms with Crippen LogP contribution in [0.2, 0.25) is 5.02 Å². The van der Waals surface area contributed by atoms with Crippen LogP contribution in [-0.2, 0) is 6.42 Å². The van der Waals surface area contributed by atoms with Gasteiger partial charge in [-0.3, -0.25) is 0 Å². The minimum absolute atomic E-state index is 0.354. The molecule has 0 radical (unpaired) electrons. The lowest BCUT2D eigenvalue weighted by molar-refractivity contribution is 0.628. The molecule has 0 aliphatic rings. The van der Waals surface area contributed by atoms with E-state index in [1.807, 2.05) is 13.8 Å². The van der Waals surface area contributed by atoms with Gasteiger partial charge in [0.25, 0.3) is 0 Å². The van der Waals surface area contributed by atoms with E-state index in [0.29, 0.717) is 28.8 Å². The topological polar surface area (TPSA) is 49.8 Å². The molecular formula is C14H16ClFN4. The van der Waals surface area contributed by atoms with Gasteiger partial charge in [-0.1, -0.05) is 18.5 Å². The highest BCUT2D eigenvalue weighted by Gasteiger charge is 2.11. The Morgan fingerprint density at radius 3 is 2.60 bits per heavy atom. The molecule has 106 valence electrons. The first-order valence-electron chi connectivity index (χ1n) is 6.32. The lowest BCUT2D eigenvalue weighted by Crippen LogP contribution is -2.07. The monoisotopic (exact) mass is 294 g/mol. The molecule has 2 rings (SSSR count). The lowest BCUT2D eigenvalue weighted by Gasteiger charge is -2.14. The predicted octanol–water partition coefficient (Wildman–Crippen LogP) is 3.93. The van der Waals surface area contributed by atoms with Gasteiger partial charge in [0.1, 0.15) is 23.3 Å². The average Bonchev–Trinajstić information content (AvgIpc) is 2.45. The normalized spacial score (nSPS) is 10.4. The first-order chi connectivity index (χ1) is 9.55. The Morgan fingerprint density at radius 1 is 1.25 bits per heavy atom. The zero-order chi connectivity index (χ0) is 14.7. The van der Waals surface area contributed by atoms with Crippen LogP contribution in [0.4, 0.5) is 21.7 Å². The first kappa shape index (κ1) is 14.5. The number of hydrogen-bond donors (Lipinski definition) is 2. The Hall–Kier alpha value is -1.88. The van der Waals surface area contributed by atoms with Gasteiger partial charge in [-0.05, 0) is 25.1 Å². The van der Waals surface area contributed by atoms with E-state index in [9.17, 15) is 4.39 Å². The molecule has 0 aliphatic carbocycles. The molecule has 0 spiro atoms. The Labute approximate surface area is 122 Å². The van der Waals surface area contributed by atoms with Crippen molar-refractivity contribution in [2.24, 2.45) is 0 Å². The fourth-order valence-corrected chi connectivity index (χ4v) is 1.97. The summed E-state index contributed by atoms with van der Waals surface area (Å²) < 4.78 is 13.3. The van der Waals surface area contributed by atoms with Crippen molar-refractivity contribution in [2.45, 2.75) is 20.3 Å². The maximum absolute atomic E-state index is 13.3. The van der Waals surface area contributed by atoms with Crippen LogP contribution in [0.25, 0.3) is 0 Å². The van der Waals surface area contributed by atoms with Gasteiger partial charge < -0.3 is 10.6 Å². The summed E-state index contributed by atoms with van der Waals surface area (Å²) >= 11 is 6.06. The van der Waals surface area contributed by atoms with Gasteiger partial charge in [0.15, 0.2) is 0 Å². The Kier molecular flexibility index (Phi) is 4.39. The van der Waals surface area contributed by atoms with E-state index in [2.05, 4.69) is 20.6 Å². The number of nitrogens with one attached hydrogen (secondary N) is 2. The summed E-state index contributed by atoms with van der Waals surface area (Å²) in [5.41, 5.74) is 1.34. The Morgan fingerprint density at radius 2 is 1.95 bits per heavy atom. The molecule has 0 amide bonds.